The Morgan fingerprint density at radius 1 is 1.35 bits per heavy atom. The SMILES string of the molecule is CCC(C)(C)C(=O)N[C@H](CCC(N)=O)C(=O)O. The van der Waals surface area contributed by atoms with E-state index in [0.29, 0.717) is 6.42 Å². The number of carboxylic acids is 1. The van der Waals surface area contributed by atoms with Crippen LogP contribution in [0.2, 0.25) is 0 Å². The lowest BCUT2D eigenvalue weighted by Crippen LogP contribution is -2.46. The summed E-state index contributed by atoms with van der Waals surface area (Å²) < 4.78 is 0. The molecule has 2 amide bonds. The van der Waals surface area contributed by atoms with Gasteiger partial charge < -0.3 is 16.2 Å². The Hall–Kier alpha value is -1.59. The molecule has 0 aliphatic heterocycles. The molecule has 6 heteroatoms. The summed E-state index contributed by atoms with van der Waals surface area (Å²) in [5, 5.41) is 11.3. The Morgan fingerprint density at radius 2 is 1.88 bits per heavy atom. The molecule has 0 radical (unpaired) electrons. The molecule has 4 N–H and O–H groups in total. The van der Waals surface area contributed by atoms with Crippen molar-refractivity contribution in [3.8, 4) is 0 Å². The summed E-state index contributed by atoms with van der Waals surface area (Å²) in [6.07, 6.45) is 0.543. The van der Waals surface area contributed by atoms with Gasteiger partial charge in [-0.25, -0.2) is 4.79 Å². The molecular formula is C11H20N2O4. The minimum atomic E-state index is -1.16. The summed E-state index contributed by atoms with van der Waals surface area (Å²) in [6, 6.07) is -1.07. The third-order valence-electron chi connectivity index (χ3n) is 2.78. The Labute approximate surface area is 101 Å². The highest BCUT2D eigenvalue weighted by molar-refractivity contribution is 5.87. The van der Waals surface area contributed by atoms with E-state index in [0.717, 1.165) is 0 Å². The molecule has 0 bridgehead atoms. The third kappa shape index (κ3) is 5.33. The van der Waals surface area contributed by atoms with Crippen molar-refractivity contribution in [3.05, 3.63) is 0 Å². The fourth-order valence-electron chi connectivity index (χ4n) is 1.06. The molecule has 1 atom stereocenters. The Morgan fingerprint density at radius 3 is 2.24 bits per heavy atom. The average Bonchev–Trinajstić information content (AvgIpc) is 2.22. The molecule has 0 aliphatic carbocycles. The van der Waals surface area contributed by atoms with E-state index < -0.39 is 23.3 Å². The summed E-state index contributed by atoms with van der Waals surface area (Å²) in [5.41, 5.74) is 4.31. The highest BCUT2D eigenvalue weighted by Gasteiger charge is 2.29. The number of nitrogens with one attached hydrogen (secondary N) is 1. The highest BCUT2D eigenvalue weighted by Crippen LogP contribution is 2.20. The number of carbonyl (C=O) groups is 3. The fraction of sp³-hybridized carbons (Fsp3) is 0.727. The van der Waals surface area contributed by atoms with Crippen LogP contribution in [-0.4, -0.2) is 28.9 Å². The Kier molecular flexibility index (Phi) is 5.64. The van der Waals surface area contributed by atoms with Gasteiger partial charge in [0.25, 0.3) is 0 Å². The molecule has 0 unspecified atom stereocenters. The van der Waals surface area contributed by atoms with Crippen molar-refractivity contribution in [2.24, 2.45) is 11.1 Å². The zero-order chi connectivity index (χ0) is 13.6. The molecule has 17 heavy (non-hydrogen) atoms. The topological polar surface area (TPSA) is 109 Å². The normalized spacial score (nSPS) is 12.9. The monoisotopic (exact) mass is 244 g/mol. The smallest absolute Gasteiger partial charge is 0.326 e. The van der Waals surface area contributed by atoms with Crippen molar-refractivity contribution in [2.75, 3.05) is 0 Å². The lowest BCUT2D eigenvalue weighted by Gasteiger charge is -2.24. The molecule has 0 saturated carbocycles. The van der Waals surface area contributed by atoms with E-state index in [9.17, 15) is 14.4 Å². The van der Waals surface area contributed by atoms with Crippen molar-refractivity contribution in [1.82, 2.24) is 5.32 Å². The predicted octanol–water partition coefficient (Wildman–Crippen LogP) is 0.258. The zero-order valence-corrected chi connectivity index (χ0v) is 10.4. The fourth-order valence-corrected chi connectivity index (χ4v) is 1.06. The van der Waals surface area contributed by atoms with Gasteiger partial charge in [-0.05, 0) is 12.8 Å². The first-order valence-electron chi connectivity index (χ1n) is 5.52. The molecule has 6 nitrogen and oxygen atoms in total. The number of carbonyl (C=O) groups excluding carboxylic acids is 2. The second kappa shape index (κ2) is 6.22. The maximum Gasteiger partial charge on any atom is 0.326 e. The summed E-state index contributed by atoms with van der Waals surface area (Å²) >= 11 is 0. The van der Waals surface area contributed by atoms with Gasteiger partial charge in [0, 0.05) is 11.8 Å². The van der Waals surface area contributed by atoms with E-state index in [-0.39, 0.29) is 18.7 Å². The third-order valence-corrected chi connectivity index (χ3v) is 2.78. The van der Waals surface area contributed by atoms with E-state index in [1.165, 1.54) is 0 Å². The van der Waals surface area contributed by atoms with Gasteiger partial charge in [-0.15, -0.1) is 0 Å². The maximum absolute atomic E-state index is 11.8. The van der Waals surface area contributed by atoms with Gasteiger partial charge >= 0.3 is 5.97 Å². The molecule has 0 aliphatic rings. The van der Waals surface area contributed by atoms with E-state index in [2.05, 4.69) is 5.32 Å². The van der Waals surface area contributed by atoms with Gasteiger partial charge in [0.2, 0.25) is 11.8 Å². The van der Waals surface area contributed by atoms with Gasteiger partial charge in [0.05, 0.1) is 0 Å². The van der Waals surface area contributed by atoms with Crippen molar-refractivity contribution in [1.29, 1.82) is 0 Å². The Bertz CT molecular complexity index is 313. The lowest BCUT2D eigenvalue weighted by atomic mass is 9.89. The summed E-state index contributed by atoms with van der Waals surface area (Å²) in [4.78, 5) is 33.2. The average molecular weight is 244 g/mol. The number of hydrogen-bond acceptors (Lipinski definition) is 3. The van der Waals surface area contributed by atoms with Gasteiger partial charge in [-0.2, -0.15) is 0 Å². The summed E-state index contributed by atoms with van der Waals surface area (Å²) in [5.74, 6) is -2.08. The van der Waals surface area contributed by atoms with Crippen LogP contribution < -0.4 is 11.1 Å². The second-order valence-electron chi connectivity index (χ2n) is 4.61. The van der Waals surface area contributed by atoms with Crippen molar-refractivity contribution < 1.29 is 19.5 Å². The molecule has 0 aromatic heterocycles. The predicted molar refractivity (Wildman–Crippen MR) is 62.1 cm³/mol. The molecule has 0 saturated heterocycles. The van der Waals surface area contributed by atoms with Crippen LogP contribution in [-0.2, 0) is 14.4 Å². The van der Waals surface area contributed by atoms with E-state index >= 15 is 0 Å². The van der Waals surface area contributed by atoms with Crippen LogP contribution in [0.5, 0.6) is 0 Å². The van der Waals surface area contributed by atoms with Gasteiger partial charge in [-0.3, -0.25) is 9.59 Å². The number of carboxylic acid groups (broad SMARTS) is 1. The number of hydrogen-bond donors (Lipinski definition) is 3. The molecule has 0 aromatic rings. The van der Waals surface area contributed by atoms with Crippen LogP contribution >= 0.6 is 0 Å². The number of primary amides is 1. The number of amides is 2. The van der Waals surface area contributed by atoms with Crippen LogP contribution in [0.15, 0.2) is 0 Å². The lowest BCUT2D eigenvalue weighted by molar-refractivity contribution is -0.143. The standard InChI is InChI=1S/C11H20N2O4/c1-4-11(2,3)10(17)13-7(9(15)16)5-6-8(12)14/h7H,4-6H2,1-3H3,(H2,12,14)(H,13,17)(H,15,16)/t7-/m1/s1. The molecule has 0 heterocycles. The quantitative estimate of drug-likeness (QED) is 0.596. The molecule has 0 aromatic carbocycles. The first-order valence-corrected chi connectivity index (χ1v) is 5.52. The van der Waals surface area contributed by atoms with E-state index in [4.69, 9.17) is 10.8 Å². The largest absolute Gasteiger partial charge is 0.480 e. The van der Waals surface area contributed by atoms with E-state index in [1.54, 1.807) is 13.8 Å². The summed E-state index contributed by atoms with van der Waals surface area (Å²) in [7, 11) is 0. The van der Waals surface area contributed by atoms with Gasteiger partial charge in [-0.1, -0.05) is 20.8 Å². The maximum atomic E-state index is 11.8. The first-order chi connectivity index (χ1) is 7.70. The van der Waals surface area contributed by atoms with Crippen molar-refractivity contribution in [2.45, 2.75) is 46.1 Å². The van der Waals surface area contributed by atoms with Crippen LogP contribution in [0, 0.1) is 5.41 Å². The van der Waals surface area contributed by atoms with Crippen LogP contribution in [0.25, 0.3) is 0 Å². The highest BCUT2D eigenvalue weighted by atomic mass is 16.4. The van der Waals surface area contributed by atoms with Crippen molar-refractivity contribution >= 4 is 17.8 Å². The first kappa shape index (κ1) is 15.4. The van der Waals surface area contributed by atoms with E-state index in [1.807, 2.05) is 6.92 Å². The zero-order valence-electron chi connectivity index (χ0n) is 10.4. The van der Waals surface area contributed by atoms with Gasteiger partial charge in [0.1, 0.15) is 6.04 Å². The van der Waals surface area contributed by atoms with Gasteiger partial charge in [0.15, 0.2) is 0 Å². The molecule has 0 spiro atoms. The molecule has 98 valence electrons. The Balaban J connectivity index is 4.50. The number of rotatable bonds is 7. The van der Waals surface area contributed by atoms with Crippen molar-refractivity contribution in [3.63, 3.8) is 0 Å². The molecule has 0 rings (SSSR count). The second-order valence-corrected chi connectivity index (χ2v) is 4.61. The van der Waals surface area contributed by atoms with Crippen LogP contribution in [0.3, 0.4) is 0 Å². The molecule has 0 fully saturated rings. The number of nitrogens with two attached hydrogens (primary N) is 1. The molecular weight excluding hydrogens is 224 g/mol. The minimum absolute atomic E-state index is 0.0101. The summed E-state index contributed by atoms with van der Waals surface area (Å²) in [6.45, 7) is 5.31. The van der Waals surface area contributed by atoms with Crippen LogP contribution in [0.4, 0.5) is 0 Å². The number of aliphatic carboxylic acids is 1. The van der Waals surface area contributed by atoms with Crippen LogP contribution in [0.1, 0.15) is 40.0 Å². The minimum Gasteiger partial charge on any atom is -0.480 e.